The number of hydrazone groups is 1. The summed E-state index contributed by atoms with van der Waals surface area (Å²) in [5.41, 5.74) is 9.70. The van der Waals surface area contributed by atoms with Crippen molar-refractivity contribution >= 4 is 82.6 Å². The van der Waals surface area contributed by atoms with Crippen LogP contribution in [0, 0.1) is 5.41 Å². The fourth-order valence-corrected chi connectivity index (χ4v) is 6.03. The Morgan fingerprint density at radius 1 is 0.830 bits per heavy atom. The quantitative estimate of drug-likeness (QED) is 0.0291. The zero-order chi connectivity index (χ0) is 36.7. The zero-order valence-corrected chi connectivity index (χ0v) is 33.3. The van der Waals surface area contributed by atoms with Crippen molar-refractivity contribution in [2.45, 2.75) is 9.79 Å². The summed E-state index contributed by atoms with van der Waals surface area (Å²) in [7, 11) is -9.62. The Morgan fingerprint density at radius 2 is 1.55 bits per heavy atom. The van der Waals surface area contributed by atoms with Crippen molar-refractivity contribution in [3.63, 3.8) is 0 Å². The van der Waals surface area contributed by atoms with Crippen LogP contribution in [-0.4, -0.2) is 52.5 Å². The van der Waals surface area contributed by atoms with Gasteiger partial charge >= 0.3 is 59.1 Å². The number of hydrogen-bond donors (Lipinski definition) is 6. The summed E-state index contributed by atoms with van der Waals surface area (Å²) in [6, 6.07) is 18.8. The van der Waals surface area contributed by atoms with Crippen LogP contribution in [0.25, 0.3) is 16.8 Å². The van der Waals surface area contributed by atoms with Crippen LogP contribution in [0.5, 0.6) is 11.5 Å². The molecule has 21 heteroatoms. The third kappa shape index (κ3) is 9.16. The summed E-state index contributed by atoms with van der Waals surface area (Å²) in [5, 5.41) is 58.7. The number of phenolic OH excluding ortho intramolecular Hbond substituents is 1. The molecular weight excluding hydrogens is 751 g/mol. The van der Waals surface area contributed by atoms with Gasteiger partial charge in [0.05, 0.1) is 37.7 Å². The van der Waals surface area contributed by atoms with Crippen molar-refractivity contribution in [1.29, 1.82) is 5.41 Å². The molecule has 0 radical (unpaired) electrons. The van der Waals surface area contributed by atoms with E-state index in [9.17, 15) is 41.4 Å². The van der Waals surface area contributed by atoms with E-state index in [1.807, 2.05) is 0 Å². The van der Waals surface area contributed by atoms with Crippen LogP contribution in [0.1, 0.15) is 11.1 Å². The predicted octanol–water partition coefficient (Wildman–Crippen LogP) is -0.545. The molecular formula is C32H23N8Na2O9S2+. The maximum absolute atomic E-state index is 12.5. The first-order valence-electron chi connectivity index (χ1n) is 14.4. The molecule has 0 aliphatic heterocycles. The third-order valence-corrected chi connectivity index (χ3v) is 9.04. The maximum atomic E-state index is 12.5. The Morgan fingerprint density at radius 3 is 2.26 bits per heavy atom. The molecule has 17 nitrogen and oxygen atoms in total. The molecule has 0 aromatic heterocycles. The number of nitrogens with zero attached hydrogens (tertiary/aromatic N) is 5. The van der Waals surface area contributed by atoms with Crippen LogP contribution in [0.2, 0.25) is 0 Å². The minimum Gasteiger partial charge on any atom is -0.872 e. The molecule has 7 N–H and O–H groups in total. The second-order valence-corrected chi connectivity index (χ2v) is 13.6. The Bertz CT molecular complexity index is 2650. The summed E-state index contributed by atoms with van der Waals surface area (Å²) in [6.07, 6.45) is 2.67. The van der Waals surface area contributed by atoms with Gasteiger partial charge in [-0.2, -0.15) is 18.6 Å². The normalized spacial score (nSPS) is 13.8. The molecule has 0 atom stereocenters. The Balaban J connectivity index is 0.00000314. The van der Waals surface area contributed by atoms with Gasteiger partial charge in [-0.25, -0.2) is 8.42 Å². The standard InChI is InChI=1S/C32H24N8O9S2.2Na/c33-27-9-7-23-25(13-21(15-29(23)41)50(44,45)46)31(27)37-35-17-3-1-5-19(11-17)39-40(43)20-6-2-4-18(12-20)36-38-32-26-14-22(51(47,48)49)16-30(42)24(26)8-10-28(32)34;;/h1-16H,(H8-,33,34,35,36,39,41,42,43,44,45,46,47,48,49);;/q;2*+1/p-1. The second-order valence-electron chi connectivity index (χ2n) is 10.8. The number of benzene rings is 5. The van der Waals surface area contributed by atoms with Gasteiger partial charge in [0.1, 0.15) is 37.8 Å². The number of azo groups is 2. The molecule has 0 saturated carbocycles. The summed E-state index contributed by atoms with van der Waals surface area (Å²) in [4.78, 5) is -0.755. The topological polar surface area (TPSA) is 289 Å². The summed E-state index contributed by atoms with van der Waals surface area (Å²) >= 11 is 0. The van der Waals surface area contributed by atoms with Crippen molar-refractivity contribution in [1.82, 2.24) is 0 Å². The number of nitrogen functional groups attached to an aromatic ring is 1. The fourth-order valence-electron chi connectivity index (χ4n) is 4.99. The van der Waals surface area contributed by atoms with Gasteiger partial charge in [-0.3, -0.25) is 20.6 Å². The molecule has 5 aromatic carbocycles. The van der Waals surface area contributed by atoms with Crippen LogP contribution >= 0.6 is 0 Å². The SMILES string of the molecule is N=C1C=Cc2c([O-])cc(S(=O)(=O)O)cc2C1=NNc1cccc(N=[N+](O)c2cccc(N=Nc3c(N)ccc4c(O)cc(S(=O)(=O)[O-])cc34)c2)c1.[Na+].[Na+]. The summed E-state index contributed by atoms with van der Waals surface area (Å²) < 4.78 is 67.7. The number of nitrogens with two attached hydrogens (primary N) is 1. The molecule has 53 heavy (non-hydrogen) atoms. The first-order chi connectivity index (χ1) is 24.1. The summed E-state index contributed by atoms with van der Waals surface area (Å²) in [6.45, 7) is 0. The van der Waals surface area contributed by atoms with Crippen LogP contribution in [0.15, 0.2) is 121 Å². The Kier molecular flexibility index (Phi) is 12.6. The Hall–Kier alpha value is -4.54. The van der Waals surface area contributed by atoms with Crippen LogP contribution in [-0.2, 0) is 20.2 Å². The minimum atomic E-state index is -4.91. The van der Waals surface area contributed by atoms with Gasteiger partial charge in [-0.05, 0) is 72.3 Å². The zero-order valence-electron chi connectivity index (χ0n) is 27.7. The number of hydrogen-bond acceptors (Lipinski definition) is 14. The van der Waals surface area contributed by atoms with Gasteiger partial charge in [0.25, 0.3) is 15.8 Å². The van der Waals surface area contributed by atoms with Crippen molar-refractivity contribution in [3.05, 3.63) is 102 Å². The van der Waals surface area contributed by atoms with E-state index in [1.165, 1.54) is 42.5 Å². The van der Waals surface area contributed by atoms with Crippen LogP contribution in [0.4, 0.5) is 34.1 Å². The van der Waals surface area contributed by atoms with E-state index in [2.05, 4.69) is 25.9 Å². The number of anilines is 2. The fraction of sp³-hybridized carbons (Fsp3) is 0. The molecule has 0 spiro atoms. The molecule has 0 bridgehead atoms. The predicted molar refractivity (Wildman–Crippen MR) is 181 cm³/mol. The van der Waals surface area contributed by atoms with Gasteiger partial charge in [0, 0.05) is 28.5 Å². The van der Waals surface area contributed by atoms with Gasteiger partial charge in [0.15, 0.2) is 0 Å². The third-order valence-electron chi connectivity index (χ3n) is 7.40. The van der Waals surface area contributed by atoms with Crippen molar-refractivity contribution in [3.8, 4) is 11.5 Å². The van der Waals surface area contributed by atoms with Crippen molar-refractivity contribution in [2.75, 3.05) is 11.2 Å². The summed E-state index contributed by atoms with van der Waals surface area (Å²) in [5.74, 6) is -1.15. The van der Waals surface area contributed by atoms with E-state index in [-0.39, 0.29) is 121 Å². The van der Waals surface area contributed by atoms with E-state index in [0.29, 0.717) is 10.5 Å². The smallest absolute Gasteiger partial charge is 0.872 e. The van der Waals surface area contributed by atoms with Crippen LogP contribution in [0.3, 0.4) is 0 Å². The molecule has 6 rings (SSSR count). The minimum absolute atomic E-state index is 0. The van der Waals surface area contributed by atoms with Gasteiger partial charge in [-0.1, -0.05) is 24.0 Å². The van der Waals surface area contributed by atoms with Crippen molar-refractivity contribution < 1.29 is 105 Å². The molecule has 0 amide bonds. The molecule has 1 aliphatic rings. The molecule has 0 saturated heterocycles. The number of nitrogens with one attached hydrogen (secondary N) is 2. The molecule has 1 aliphatic carbocycles. The maximum Gasteiger partial charge on any atom is 1.00 e. The number of rotatable bonds is 8. The Labute approximate surface area is 345 Å². The first kappa shape index (κ1) is 41.2. The number of fused-ring (bicyclic) bond motifs is 2. The molecule has 5 aromatic rings. The first-order valence-corrected chi connectivity index (χ1v) is 17.2. The number of aromatic hydroxyl groups is 1. The average molecular weight is 774 g/mol. The molecule has 0 heterocycles. The van der Waals surface area contributed by atoms with E-state index < -0.39 is 41.5 Å². The van der Waals surface area contributed by atoms with Gasteiger partial charge in [0.2, 0.25) is 0 Å². The largest absolute Gasteiger partial charge is 1.00 e. The molecule has 0 fully saturated rings. The molecule has 0 unspecified atom stereocenters. The van der Waals surface area contributed by atoms with Crippen molar-refractivity contribution in [2.24, 2.45) is 20.4 Å². The number of phenols is 1. The second kappa shape index (κ2) is 16.2. The van der Waals surface area contributed by atoms with Gasteiger partial charge < -0.3 is 20.5 Å². The average Bonchev–Trinajstić information content (AvgIpc) is 3.06. The number of allylic oxidation sites excluding steroid dienone is 1. The monoisotopic (exact) mass is 773 g/mol. The van der Waals surface area contributed by atoms with Crippen LogP contribution < -0.4 is 75.4 Å². The van der Waals surface area contributed by atoms with Gasteiger partial charge in [-0.15, -0.1) is 5.11 Å². The van der Waals surface area contributed by atoms with E-state index >= 15 is 0 Å². The molecule has 258 valence electrons. The van der Waals surface area contributed by atoms with E-state index in [1.54, 1.807) is 30.3 Å². The van der Waals surface area contributed by atoms with E-state index in [4.69, 9.17) is 11.1 Å². The van der Waals surface area contributed by atoms with E-state index in [0.717, 1.165) is 24.3 Å².